The van der Waals surface area contributed by atoms with Crippen LogP contribution in [0.1, 0.15) is 29.0 Å². The van der Waals surface area contributed by atoms with Crippen LogP contribution >= 0.6 is 0 Å². The van der Waals surface area contributed by atoms with Crippen molar-refractivity contribution in [3.8, 4) is 11.5 Å². The number of nitrogens with two attached hydrogens (primary N) is 1. The van der Waals surface area contributed by atoms with E-state index in [1.165, 1.54) is 16.7 Å². The Morgan fingerprint density at radius 2 is 1.27 bits per heavy atom. The van der Waals surface area contributed by atoms with Crippen LogP contribution in [0.2, 0.25) is 0 Å². The molecule has 0 fully saturated rings. The van der Waals surface area contributed by atoms with Gasteiger partial charge in [0.1, 0.15) is 11.5 Å². The van der Waals surface area contributed by atoms with Crippen molar-refractivity contribution in [1.29, 1.82) is 0 Å². The maximum absolute atomic E-state index is 5.73. The van der Waals surface area contributed by atoms with E-state index in [1.54, 1.807) is 7.11 Å². The van der Waals surface area contributed by atoms with Crippen molar-refractivity contribution >= 4 is 0 Å². The highest BCUT2D eigenvalue weighted by Gasteiger charge is 2.16. The number of methoxy groups -OCH3 is 1. The first-order valence-electron chi connectivity index (χ1n) is 8.93. The van der Waals surface area contributed by atoms with Crippen LogP contribution in [-0.2, 0) is 0 Å². The van der Waals surface area contributed by atoms with Crippen molar-refractivity contribution in [2.24, 2.45) is 5.73 Å². The SMILES string of the molecule is COc1ccc(C(c2ccccc2)c2ccc(OCCCN)cc2)cc1. The highest BCUT2D eigenvalue weighted by molar-refractivity contribution is 5.45. The molecule has 1 unspecified atom stereocenters. The van der Waals surface area contributed by atoms with Gasteiger partial charge >= 0.3 is 0 Å². The van der Waals surface area contributed by atoms with Gasteiger partial charge in [0.2, 0.25) is 0 Å². The van der Waals surface area contributed by atoms with Crippen molar-refractivity contribution in [2.75, 3.05) is 20.3 Å². The molecule has 0 aliphatic carbocycles. The third-order valence-corrected chi connectivity index (χ3v) is 4.41. The average molecular weight is 347 g/mol. The number of rotatable bonds is 8. The maximum atomic E-state index is 5.73. The first-order chi connectivity index (χ1) is 12.8. The lowest BCUT2D eigenvalue weighted by molar-refractivity contribution is 0.313. The van der Waals surface area contributed by atoms with Crippen LogP contribution in [0.4, 0.5) is 0 Å². The molecular formula is C23H25NO2. The molecule has 0 saturated heterocycles. The summed E-state index contributed by atoms with van der Waals surface area (Å²) in [6.07, 6.45) is 0.861. The molecule has 134 valence electrons. The van der Waals surface area contributed by atoms with E-state index in [0.717, 1.165) is 17.9 Å². The summed E-state index contributed by atoms with van der Waals surface area (Å²) in [7, 11) is 1.69. The predicted molar refractivity (Wildman–Crippen MR) is 106 cm³/mol. The molecular weight excluding hydrogens is 322 g/mol. The van der Waals surface area contributed by atoms with Crippen LogP contribution in [0, 0.1) is 0 Å². The molecule has 2 N–H and O–H groups in total. The van der Waals surface area contributed by atoms with Gasteiger partial charge in [0.15, 0.2) is 0 Å². The van der Waals surface area contributed by atoms with E-state index in [2.05, 4.69) is 48.5 Å². The third kappa shape index (κ3) is 4.44. The molecule has 3 heteroatoms. The highest BCUT2D eigenvalue weighted by atomic mass is 16.5. The van der Waals surface area contributed by atoms with Crippen LogP contribution in [0.5, 0.6) is 11.5 Å². The van der Waals surface area contributed by atoms with Crippen LogP contribution in [-0.4, -0.2) is 20.3 Å². The molecule has 0 aliphatic rings. The summed E-state index contributed by atoms with van der Waals surface area (Å²) < 4.78 is 11.0. The van der Waals surface area contributed by atoms with Gasteiger partial charge in [-0.25, -0.2) is 0 Å². The van der Waals surface area contributed by atoms with E-state index >= 15 is 0 Å². The quantitative estimate of drug-likeness (QED) is 0.478. The second-order valence-electron chi connectivity index (χ2n) is 6.18. The number of ether oxygens (including phenoxy) is 2. The summed E-state index contributed by atoms with van der Waals surface area (Å²) in [5, 5.41) is 0. The van der Waals surface area contributed by atoms with Crippen LogP contribution in [0.3, 0.4) is 0 Å². The molecule has 0 spiro atoms. The zero-order valence-electron chi connectivity index (χ0n) is 15.1. The van der Waals surface area contributed by atoms with Crippen LogP contribution in [0.15, 0.2) is 78.9 Å². The third-order valence-electron chi connectivity index (χ3n) is 4.41. The molecule has 0 saturated carbocycles. The molecule has 0 amide bonds. The van der Waals surface area contributed by atoms with Crippen LogP contribution in [0.25, 0.3) is 0 Å². The fraction of sp³-hybridized carbons (Fsp3) is 0.217. The molecule has 0 radical (unpaired) electrons. The number of benzene rings is 3. The van der Waals surface area contributed by atoms with Crippen molar-refractivity contribution in [3.05, 3.63) is 95.6 Å². The molecule has 3 nitrogen and oxygen atoms in total. The van der Waals surface area contributed by atoms with Crippen molar-refractivity contribution in [2.45, 2.75) is 12.3 Å². The molecule has 3 aromatic carbocycles. The summed E-state index contributed by atoms with van der Waals surface area (Å²) in [6.45, 7) is 1.29. The van der Waals surface area contributed by atoms with Crippen LogP contribution < -0.4 is 15.2 Å². The molecule has 3 aromatic rings. The molecule has 0 aliphatic heterocycles. The zero-order valence-corrected chi connectivity index (χ0v) is 15.1. The molecule has 3 rings (SSSR count). The van der Waals surface area contributed by atoms with Crippen molar-refractivity contribution < 1.29 is 9.47 Å². The van der Waals surface area contributed by atoms with Crippen molar-refractivity contribution in [3.63, 3.8) is 0 Å². The highest BCUT2D eigenvalue weighted by Crippen LogP contribution is 2.33. The summed E-state index contributed by atoms with van der Waals surface area (Å²) in [4.78, 5) is 0. The standard InChI is InChI=1S/C23H25NO2/c1-25-21-12-8-19(9-13-21)23(18-6-3-2-4-7-18)20-10-14-22(15-11-20)26-17-5-16-24/h2-4,6-15,23H,5,16-17,24H2,1H3. The summed E-state index contributed by atoms with van der Waals surface area (Å²) in [5.41, 5.74) is 9.24. The Morgan fingerprint density at radius 3 is 1.81 bits per heavy atom. The lowest BCUT2D eigenvalue weighted by atomic mass is 9.85. The monoisotopic (exact) mass is 347 g/mol. The zero-order chi connectivity index (χ0) is 18.2. The Bertz CT molecular complexity index is 783. The Kier molecular flexibility index (Phi) is 6.29. The Labute approximate surface area is 155 Å². The van der Waals surface area contributed by atoms with E-state index in [1.807, 2.05) is 30.3 Å². The van der Waals surface area contributed by atoms with E-state index < -0.39 is 0 Å². The minimum absolute atomic E-state index is 0.167. The van der Waals surface area contributed by atoms with Gasteiger partial charge in [-0.1, -0.05) is 54.6 Å². The van der Waals surface area contributed by atoms with Gasteiger partial charge in [-0.15, -0.1) is 0 Å². The van der Waals surface area contributed by atoms with Crippen molar-refractivity contribution in [1.82, 2.24) is 0 Å². The molecule has 0 bridgehead atoms. The lowest BCUT2D eigenvalue weighted by Gasteiger charge is -2.19. The van der Waals surface area contributed by atoms with E-state index in [9.17, 15) is 0 Å². The largest absolute Gasteiger partial charge is 0.497 e. The molecule has 0 heterocycles. The minimum atomic E-state index is 0.167. The number of hydrogen-bond acceptors (Lipinski definition) is 3. The van der Waals surface area contributed by atoms with Gasteiger partial charge in [0.05, 0.1) is 13.7 Å². The van der Waals surface area contributed by atoms with Gasteiger partial charge in [-0.2, -0.15) is 0 Å². The fourth-order valence-corrected chi connectivity index (χ4v) is 3.05. The smallest absolute Gasteiger partial charge is 0.119 e. The second kappa shape index (κ2) is 9.07. The molecule has 26 heavy (non-hydrogen) atoms. The minimum Gasteiger partial charge on any atom is -0.497 e. The van der Waals surface area contributed by atoms with Gasteiger partial charge in [0, 0.05) is 5.92 Å². The topological polar surface area (TPSA) is 44.5 Å². The Hall–Kier alpha value is -2.78. The van der Waals surface area contributed by atoms with E-state index in [0.29, 0.717) is 13.2 Å². The van der Waals surface area contributed by atoms with E-state index in [4.69, 9.17) is 15.2 Å². The van der Waals surface area contributed by atoms with Gasteiger partial charge in [-0.05, 0) is 53.9 Å². The lowest BCUT2D eigenvalue weighted by Crippen LogP contribution is -2.06. The number of hydrogen-bond donors (Lipinski definition) is 1. The van der Waals surface area contributed by atoms with Gasteiger partial charge < -0.3 is 15.2 Å². The first kappa shape index (κ1) is 18.0. The van der Waals surface area contributed by atoms with Gasteiger partial charge in [-0.3, -0.25) is 0 Å². The van der Waals surface area contributed by atoms with Gasteiger partial charge in [0.25, 0.3) is 0 Å². The second-order valence-corrected chi connectivity index (χ2v) is 6.18. The molecule has 0 aromatic heterocycles. The summed E-state index contributed by atoms with van der Waals surface area (Å²) >= 11 is 0. The Balaban J connectivity index is 1.90. The normalized spacial score (nSPS) is 11.8. The predicted octanol–water partition coefficient (Wildman–Crippen LogP) is 4.60. The summed E-state index contributed by atoms with van der Waals surface area (Å²) in [6, 6.07) is 27.2. The average Bonchev–Trinajstić information content (AvgIpc) is 2.71. The first-order valence-corrected chi connectivity index (χ1v) is 8.93. The fourth-order valence-electron chi connectivity index (χ4n) is 3.05. The molecule has 1 atom stereocenters. The van der Waals surface area contributed by atoms with E-state index in [-0.39, 0.29) is 5.92 Å². The summed E-state index contributed by atoms with van der Waals surface area (Å²) in [5.74, 6) is 1.91. The Morgan fingerprint density at radius 1 is 0.731 bits per heavy atom. The maximum Gasteiger partial charge on any atom is 0.119 e.